The van der Waals surface area contributed by atoms with Crippen molar-refractivity contribution in [2.75, 3.05) is 5.32 Å². The van der Waals surface area contributed by atoms with Gasteiger partial charge in [-0.3, -0.25) is 4.79 Å². The molecule has 0 bridgehead atoms. The van der Waals surface area contributed by atoms with E-state index in [1.807, 2.05) is 18.2 Å². The van der Waals surface area contributed by atoms with Crippen molar-refractivity contribution in [3.8, 4) is 0 Å². The molecule has 0 saturated carbocycles. The summed E-state index contributed by atoms with van der Waals surface area (Å²) in [6.07, 6.45) is -1.03. The quantitative estimate of drug-likeness (QED) is 0.882. The molecule has 0 aliphatic carbocycles. The number of carbonyl (C=O) groups is 1. The number of hydrogen-bond acceptors (Lipinski definition) is 3. The van der Waals surface area contributed by atoms with Crippen molar-refractivity contribution in [1.29, 1.82) is 0 Å². The van der Waals surface area contributed by atoms with E-state index in [0.717, 1.165) is 9.79 Å². The smallest absolute Gasteiger partial charge is 0.257 e. The Labute approximate surface area is 115 Å². The highest BCUT2D eigenvalue weighted by atomic mass is 32.2. The summed E-state index contributed by atoms with van der Waals surface area (Å²) >= 11 is 1.64. The van der Waals surface area contributed by atoms with Crippen LogP contribution in [0.5, 0.6) is 0 Å². The summed E-state index contributed by atoms with van der Waals surface area (Å²) in [6.45, 7) is 2.06. The van der Waals surface area contributed by atoms with E-state index in [0.29, 0.717) is 11.3 Å². The molecule has 3 rings (SSSR count). The second-order valence-corrected chi connectivity index (χ2v) is 5.71. The van der Waals surface area contributed by atoms with Gasteiger partial charge in [-0.05, 0) is 31.2 Å². The van der Waals surface area contributed by atoms with Crippen molar-refractivity contribution < 1.29 is 9.90 Å². The molecule has 1 atom stereocenters. The summed E-state index contributed by atoms with van der Waals surface area (Å²) in [4.78, 5) is 13.6. The maximum atomic E-state index is 11.4. The van der Waals surface area contributed by atoms with Crippen molar-refractivity contribution in [3.63, 3.8) is 0 Å². The fraction of sp³-hybridized carbons (Fsp3) is 0.133. The number of nitrogens with one attached hydrogen (secondary N) is 1. The molecule has 1 heterocycles. The Bertz CT molecular complexity index is 654. The minimum absolute atomic E-state index is 0.354. The summed E-state index contributed by atoms with van der Waals surface area (Å²) < 4.78 is 0. The van der Waals surface area contributed by atoms with Gasteiger partial charge in [0.05, 0.1) is 0 Å². The van der Waals surface area contributed by atoms with E-state index in [9.17, 15) is 9.90 Å². The van der Waals surface area contributed by atoms with Gasteiger partial charge in [0.15, 0.2) is 6.10 Å². The molecular formula is C15H13NO2S. The molecule has 2 N–H and O–H groups in total. The molecule has 96 valence electrons. The average Bonchev–Trinajstić information content (AvgIpc) is 2.65. The fourth-order valence-electron chi connectivity index (χ4n) is 2.10. The summed E-state index contributed by atoms with van der Waals surface area (Å²) in [6, 6.07) is 13.9. The molecule has 1 aliphatic heterocycles. The summed E-state index contributed by atoms with van der Waals surface area (Å²) in [5.41, 5.74) is 2.57. The SMILES string of the molecule is Cc1cccc(Sc2ccc3c(c2)NC(=O)C3O)c1. The van der Waals surface area contributed by atoms with Gasteiger partial charge < -0.3 is 10.4 Å². The van der Waals surface area contributed by atoms with Crippen LogP contribution in [0.15, 0.2) is 52.3 Å². The Morgan fingerprint density at radius 1 is 1.16 bits per heavy atom. The number of amides is 1. The predicted octanol–water partition coefficient (Wildman–Crippen LogP) is 3.13. The molecule has 0 saturated heterocycles. The number of aliphatic hydroxyl groups is 1. The molecule has 1 unspecified atom stereocenters. The van der Waals surface area contributed by atoms with Crippen LogP contribution in [0.1, 0.15) is 17.2 Å². The summed E-state index contributed by atoms with van der Waals surface area (Å²) in [5, 5.41) is 12.3. The van der Waals surface area contributed by atoms with Crippen LogP contribution in [0.3, 0.4) is 0 Å². The molecule has 4 heteroatoms. The lowest BCUT2D eigenvalue weighted by Crippen LogP contribution is -2.10. The molecule has 19 heavy (non-hydrogen) atoms. The van der Waals surface area contributed by atoms with Crippen molar-refractivity contribution in [1.82, 2.24) is 0 Å². The van der Waals surface area contributed by atoms with Gasteiger partial charge in [-0.25, -0.2) is 0 Å². The molecular weight excluding hydrogens is 258 g/mol. The number of rotatable bonds is 2. The van der Waals surface area contributed by atoms with Crippen molar-refractivity contribution in [2.45, 2.75) is 22.8 Å². The first-order chi connectivity index (χ1) is 9.13. The van der Waals surface area contributed by atoms with Crippen LogP contribution in [0.2, 0.25) is 0 Å². The van der Waals surface area contributed by atoms with Gasteiger partial charge in [0, 0.05) is 21.0 Å². The number of aliphatic hydroxyl groups excluding tert-OH is 1. The van der Waals surface area contributed by atoms with Crippen LogP contribution in [0.4, 0.5) is 5.69 Å². The zero-order valence-corrected chi connectivity index (χ0v) is 11.2. The molecule has 0 spiro atoms. The first-order valence-corrected chi connectivity index (χ1v) is 6.82. The van der Waals surface area contributed by atoms with Crippen LogP contribution in [-0.2, 0) is 4.79 Å². The topological polar surface area (TPSA) is 49.3 Å². The van der Waals surface area contributed by atoms with Gasteiger partial charge in [-0.15, -0.1) is 0 Å². The minimum Gasteiger partial charge on any atom is -0.378 e. The molecule has 2 aromatic carbocycles. The van der Waals surface area contributed by atoms with E-state index in [-0.39, 0.29) is 5.91 Å². The van der Waals surface area contributed by atoms with Gasteiger partial charge in [-0.2, -0.15) is 0 Å². The Kier molecular flexibility index (Phi) is 3.05. The Morgan fingerprint density at radius 3 is 2.74 bits per heavy atom. The van der Waals surface area contributed by atoms with E-state index < -0.39 is 6.10 Å². The van der Waals surface area contributed by atoms with Gasteiger partial charge in [0.2, 0.25) is 0 Å². The van der Waals surface area contributed by atoms with E-state index in [1.54, 1.807) is 17.8 Å². The zero-order valence-electron chi connectivity index (χ0n) is 10.4. The van der Waals surface area contributed by atoms with Crippen molar-refractivity contribution >= 4 is 23.4 Å². The largest absolute Gasteiger partial charge is 0.378 e. The Balaban J connectivity index is 1.88. The molecule has 3 nitrogen and oxygen atoms in total. The molecule has 0 radical (unpaired) electrons. The molecule has 0 aromatic heterocycles. The standard InChI is InChI=1S/C15H13NO2S/c1-9-3-2-4-10(7-9)19-11-5-6-12-13(8-11)16-15(18)14(12)17/h2-8,14,17H,1H3,(H,16,18). The normalized spacial score (nSPS) is 17.2. The summed E-state index contributed by atoms with van der Waals surface area (Å²) in [5.74, 6) is -0.354. The third kappa shape index (κ3) is 2.37. The third-order valence-corrected chi connectivity index (χ3v) is 4.03. The monoisotopic (exact) mass is 271 g/mol. The number of aryl methyl sites for hydroxylation is 1. The highest BCUT2D eigenvalue weighted by Gasteiger charge is 2.28. The molecule has 1 amide bonds. The van der Waals surface area contributed by atoms with Gasteiger partial charge >= 0.3 is 0 Å². The van der Waals surface area contributed by atoms with Crippen LogP contribution < -0.4 is 5.32 Å². The number of benzene rings is 2. The van der Waals surface area contributed by atoms with E-state index in [1.165, 1.54) is 5.56 Å². The van der Waals surface area contributed by atoms with Crippen molar-refractivity contribution in [2.24, 2.45) is 0 Å². The van der Waals surface area contributed by atoms with Crippen LogP contribution in [-0.4, -0.2) is 11.0 Å². The van der Waals surface area contributed by atoms with E-state index >= 15 is 0 Å². The highest BCUT2D eigenvalue weighted by Crippen LogP contribution is 2.36. The molecule has 2 aromatic rings. The van der Waals surface area contributed by atoms with Gasteiger partial charge in [0.1, 0.15) is 0 Å². The second-order valence-electron chi connectivity index (χ2n) is 4.56. The first kappa shape index (κ1) is 12.3. The molecule has 1 aliphatic rings. The Morgan fingerprint density at radius 2 is 1.95 bits per heavy atom. The van der Waals surface area contributed by atoms with Crippen LogP contribution in [0.25, 0.3) is 0 Å². The lowest BCUT2D eigenvalue weighted by atomic mass is 10.1. The number of anilines is 1. The average molecular weight is 271 g/mol. The van der Waals surface area contributed by atoms with Gasteiger partial charge in [0.25, 0.3) is 5.91 Å². The number of fused-ring (bicyclic) bond motifs is 1. The predicted molar refractivity (Wildman–Crippen MR) is 75.3 cm³/mol. The number of hydrogen-bond donors (Lipinski definition) is 2. The van der Waals surface area contributed by atoms with Crippen LogP contribution >= 0.6 is 11.8 Å². The van der Waals surface area contributed by atoms with Crippen molar-refractivity contribution in [3.05, 3.63) is 53.6 Å². The van der Waals surface area contributed by atoms with Gasteiger partial charge in [-0.1, -0.05) is 35.5 Å². The fourth-order valence-corrected chi connectivity index (χ4v) is 3.08. The lowest BCUT2D eigenvalue weighted by molar-refractivity contribution is -0.123. The highest BCUT2D eigenvalue weighted by molar-refractivity contribution is 7.99. The van der Waals surface area contributed by atoms with Crippen LogP contribution in [0, 0.1) is 6.92 Å². The zero-order chi connectivity index (χ0) is 13.4. The summed E-state index contributed by atoms with van der Waals surface area (Å²) in [7, 11) is 0. The second kappa shape index (κ2) is 4.72. The maximum Gasteiger partial charge on any atom is 0.257 e. The lowest BCUT2D eigenvalue weighted by Gasteiger charge is -2.05. The van der Waals surface area contributed by atoms with E-state index in [2.05, 4.69) is 30.4 Å². The third-order valence-electron chi connectivity index (χ3n) is 3.05. The van der Waals surface area contributed by atoms with E-state index in [4.69, 9.17) is 0 Å². The first-order valence-electron chi connectivity index (χ1n) is 6.01. The Hall–Kier alpha value is -1.78. The maximum absolute atomic E-state index is 11.4. The molecule has 0 fully saturated rings. The minimum atomic E-state index is -1.03. The number of carbonyl (C=O) groups excluding carboxylic acids is 1.